The lowest BCUT2D eigenvalue weighted by Crippen LogP contribution is -2.35. The fourth-order valence-corrected chi connectivity index (χ4v) is 6.95. The summed E-state index contributed by atoms with van der Waals surface area (Å²) in [6.45, 7) is 0. The van der Waals surface area contributed by atoms with Crippen molar-refractivity contribution in [3.8, 4) is 0 Å². The first-order chi connectivity index (χ1) is 11.3. The van der Waals surface area contributed by atoms with Gasteiger partial charge in [-0.15, -0.1) is 20.7 Å². The summed E-state index contributed by atoms with van der Waals surface area (Å²) in [6.07, 6.45) is 3.60. The largest absolute Gasteiger partial charge is 0.481 e. The summed E-state index contributed by atoms with van der Waals surface area (Å²) in [4.78, 5) is 18.3. The average molecular weight is 373 g/mol. The molecule has 1 aliphatic rings. The molecule has 3 rings (SSSR count). The lowest BCUT2D eigenvalue weighted by atomic mass is 10.1. The number of thiol groups is 1. The number of carboxylic acids is 1. The maximum atomic E-state index is 14.1. The number of aliphatic carboxylic acids is 1. The minimum absolute atomic E-state index is 0.229. The number of rotatable bonds is 5. The fraction of sp³-hybridized carbons (Fsp3) is 0.333. The van der Waals surface area contributed by atoms with Crippen LogP contribution in [0.5, 0.6) is 0 Å². The molecular weight excluding hydrogens is 356 g/mol. The third kappa shape index (κ3) is 2.91. The summed E-state index contributed by atoms with van der Waals surface area (Å²) in [6, 6.07) is 2.18. The second-order valence-electron chi connectivity index (χ2n) is 5.76. The van der Waals surface area contributed by atoms with E-state index in [-0.39, 0.29) is 11.7 Å². The molecule has 0 radical (unpaired) electrons. The Balaban J connectivity index is 1.99. The van der Waals surface area contributed by atoms with Crippen molar-refractivity contribution in [3.05, 3.63) is 47.3 Å². The molecule has 5 nitrogen and oxygen atoms in total. The maximum Gasteiger partial charge on any atom is 0.305 e. The second-order valence-corrected chi connectivity index (χ2v) is 10.6. The monoisotopic (exact) mass is 373 g/mol. The van der Waals surface area contributed by atoms with Gasteiger partial charge in [0.25, 0.3) is 0 Å². The fourth-order valence-electron chi connectivity index (χ4n) is 3.14. The van der Waals surface area contributed by atoms with E-state index in [1.807, 2.05) is 0 Å². The first kappa shape index (κ1) is 17.2. The number of benzene rings is 1. The zero-order valence-electron chi connectivity index (χ0n) is 12.6. The van der Waals surface area contributed by atoms with Crippen LogP contribution in [0.25, 0.3) is 0 Å². The molecular formula is C15H17F2N3O2S2. The van der Waals surface area contributed by atoms with E-state index in [0.717, 1.165) is 6.07 Å². The number of nitrogens with two attached hydrogens (primary N) is 1. The Morgan fingerprint density at radius 1 is 1.50 bits per heavy atom. The molecule has 0 amide bonds. The van der Waals surface area contributed by atoms with E-state index >= 15 is 0 Å². The molecule has 2 aromatic rings. The molecule has 3 atom stereocenters. The Labute approximate surface area is 143 Å². The van der Waals surface area contributed by atoms with Gasteiger partial charge in [0.15, 0.2) is 5.16 Å². The Kier molecular flexibility index (Phi) is 4.58. The average Bonchev–Trinajstić information content (AvgIpc) is 3.14. The first-order valence-corrected chi connectivity index (χ1v) is 10.1. The molecule has 1 aromatic carbocycles. The predicted molar refractivity (Wildman–Crippen MR) is 91.2 cm³/mol. The van der Waals surface area contributed by atoms with Crippen molar-refractivity contribution in [1.82, 2.24) is 9.97 Å². The van der Waals surface area contributed by atoms with Crippen molar-refractivity contribution in [1.29, 1.82) is 0 Å². The zero-order chi connectivity index (χ0) is 17.5. The molecule has 1 heterocycles. The molecule has 0 aliphatic heterocycles. The van der Waals surface area contributed by atoms with Crippen LogP contribution in [0.2, 0.25) is 0 Å². The lowest BCUT2D eigenvalue weighted by molar-refractivity contribution is -0.136. The Morgan fingerprint density at radius 2 is 2.25 bits per heavy atom. The minimum Gasteiger partial charge on any atom is -0.481 e. The molecule has 130 valence electrons. The van der Waals surface area contributed by atoms with Crippen LogP contribution in [0.15, 0.2) is 29.7 Å². The number of halogens is 2. The van der Waals surface area contributed by atoms with Gasteiger partial charge in [-0.25, -0.2) is 13.8 Å². The zero-order valence-corrected chi connectivity index (χ0v) is 14.3. The first-order valence-electron chi connectivity index (χ1n) is 7.29. The highest BCUT2D eigenvalue weighted by Gasteiger charge is 2.44. The SMILES string of the molecule is NC(CC(=O)O)S(S)(c1ncc[nH]1)C1Cc2cc(F)cc(F)c2C1. The van der Waals surface area contributed by atoms with Gasteiger partial charge in [0.2, 0.25) is 0 Å². The Bertz CT molecular complexity index is 772. The number of aromatic nitrogens is 2. The van der Waals surface area contributed by atoms with E-state index in [2.05, 4.69) is 9.97 Å². The topological polar surface area (TPSA) is 92.0 Å². The molecule has 0 bridgehead atoms. The van der Waals surface area contributed by atoms with Crippen LogP contribution < -0.4 is 5.73 Å². The minimum atomic E-state index is -2.19. The summed E-state index contributed by atoms with van der Waals surface area (Å²) in [5, 5.41) is 8.62. The third-order valence-electron chi connectivity index (χ3n) is 4.26. The number of carbonyl (C=O) groups is 1. The van der Waals surface area contributed by atoms with Crippen LogP contribution in [0.3, 0.4) is 0 Å². The molecule has 0 saturated heterocycles. The smallest absolute Gasteiger partial charge is 0.305 e. The number of aromatic amines is 1. The number of hydrogen-bond acceptors (Lipinski definition) is 4. The molecule has 1 aromatic heterocycles. The summed E-state index contributed by atoms with van der Waals surface area (Å²) in [7, 11) is -2.19. The van der Waals surface area contributed by atoms with Gasteiger partial charge in [-0.05, 0) is 30.0 Å². The quantitative estimate of drug-likeness (QED) is 0.479. The maximum absolute atomic E-state index is 14.1. The summed E-state index contributed by atoms with van der Waals surface area (Å²) in [5.74, 6) is -2.25. The Hall–Kier alpha value is -1.58. The number of nitrogens with zero attached hydrogens (tertiary/aromatic N) is 1. The number of carboxylic acid groups (broad SMARTS) is 1. The summed E-state index contributed by atoms with van der Waals surface area (Å²) >= 11 is 4.79. The van der Waals surface area contributed by atoms with Crippen molar-refractivity contribution in [2.24, 2.45) is 5.73 Å². The van der Waals surface area contributed by atoms with Crippen LogP contribution in [0.4, 0.5) is 8.78 Å². The van der Waals surface area contributed by atoms with E-state index in [9.17, 15) is 13.6 Å². The Morgan fingerprint density at radius 3 is 2.88 bits per heavy atom. The number of nitrogens with one attached hydrogen (secondary N) is 1. The van der Waals surface area contributed by atoms with Crippen LogP contribution in [-0.2, 0) is 17.6 Å². The standard InChI is InChI=1S/C15H17F2N3O2S2/c16-9-3-8-4-10(6-11(8)12(17)5-9)24(23,13(18)7-14(21)22)15-19-1-2-20-15/h1-3,5,10,13,23H,4,6-7,18H2,(H,19,20)(H,21,22). The molecule has 0 fully saturated rings. The van der Waals surface area contributed by atoms with Crippen molar-refractivity contribution in [2.45, 2.75) is 35.0 Å². The second kappa shape index (κ2) is 6.38. The van der Waals surface area contributed by atoms with Gasteiger partial charge < -0.3 is 15.8 Å². The normalized spacial score (nSPS) is 21.8. The van der Waals surface area contributed by atoms with Gasteiger partial charge in [0, 0.05) is 23.7 Å². The number of imidazole rings is 1. The van der Waals surface area contributed by atoms with Gasteiger partial charge in [0.05, 0.1) is 11.8 Å². The molecule has 4 N–H and O–H groups in total. The van der Waals surface area contributed by atoms with Gasteiger partial charge in [-0.3, -0.25) is 4.79 Å². The highest BCUT2D eigenvalue weighted by molar-refractivity contribution is 8.88. The number of fused-ring (bicyclic) bond motifs is 1. The molecule has 3 unspecified atom stereocenters. The van der Waals surface area contributed by atoms with Crippen molar-refractivity contribution in [2.75, 3.05) is 0 Å². The lowest BCUT2D eigenvalue weighted by Gasteiger charge is -2.42. The van der Waals surface area contributed by atoms with Gasteiger partial charge in [-0.2, -0.15) is 0 Å². The highest BCUT2D eigenvalue weighted by Crippen LogP contribution is 2.67. The number of H-pyrrole nitrogens is 1. The third-order valence-corrected chi connectivity index (χ3v) is 9.77. The van der Waals surface area contributed by atoms with Crippen molar-refractivity contribution in [3.63, 3.8) is 0 Å². The highest BCUT2D eigenvalue weighted by atomic mass is 33.1. The van der Waals surface area contributed by atoms with Gasteiger partial charge in [-0.1, -0.05) is 0 Å². The van der Waals surface area contributed by atoms with Crippen LogP contribution >= 0.6 is 20.7 Å². The van der Waals surface area contributed by atoms with Crippen LogP contribution in [-0.4, -0.2) is 31.7 Å². The summed E-state index contributed by atoms with van der Waals surface area (Å²) in [5.41, 5.74) is 7.21. The molecule has 1 aliphatic carbocycles. The van der Waals surface area contributed by atoms with E-state index < -0.39 is 32.0 Å². The molecule has 24 heavy (non-hydrogen) atoms. The van der Waals surface area contributed by atoms with E-state index in [0.29, 0.717) is 29.1 Å². The molecule has 9 heteroatoms. The van der Waals surface area contributed by atoms with Gasteiger partial charge >= 0.3 is 5.97 Å². The van der Waals surface area contributed by atoms with Crippen LogP contribution in [0, 0.1) is 11.6 Å². The van der Waals surface area contributed by atoms with E-state index in [4.69, 9.17) is 22.5 Å². The van der Waals surface area contributed by atoms with E-state index in [1.165, 1.54) is 6.07 Å². The molecule has 0 saturated carbocycles. The molecule has 0 spiro atoms. The van der Waals surface area contributed by atoms with E-state index in [1.54, 1.807) is 12.4 Å². The predicted octanol–water partition coefficient (Wildman–Crippen LogP) is 2.62. The van der Waals surface area contributed by atoms with Gasteiger partial charge in [0.1, 0.15) is 11.6 Å². The summed E-state index contributed by atoms with van der Waals surface area (Å²) < 4.78 is 27.5. The van der Waals surface area contributed by atoms with Crippen LogP contribution in [0.1, 0.15) is 17.5 Å². The van der Waals surface area contributed by atoms with Crippen molar-refractivity contribution < 1.29 is 18.7 Å². The number of hydrogen-bond donors (Lipinski definition) is 4. The van der Waals surface area contributed by atoms with Crippen molar-refractivity contribution >= 4 is 26.7 Å².